The van der Waals surface area contributed by atoms with Gasteiger partial charge in [0, 0.05) is 22.1 Å². The van der Waals surface area contributed by atoms with Crippen LogP contribution in [0.2, 0.25) is 0 Å². The van der Waals surface area contributed by atoms with Crippen LogP contribution in [0.15, 0.2) is 162 Å². The number of fused-ring (bicyclic) bond motifs is 9. The fourth-order valence-corrected chi connectivity index (χ4v) is 7.49. The first-order chi connectivity index (χ1) is 23.2. The van der Waals surface area contributed by atoms with Gasteiger partial charge in [0.25, 0.3) is 0 Å². The molecule has 0 saturated heterocycles. The number of hydrogen-bond donors (Lipinski definition) is 0. The quantitative estimate of drug-likeness (QED) is 0.200. The summed E-state index contributed by atoms with van der Waals surface area (Å²) in [5.74, 6) is 0. The molecule has 220 valence electrons. The van der Waals surface area contributed by atoms with E-state index < -0.39 is 0 Å². The molecule has 10 rings (SSSR count). The molecule has 47 heavy (non-hydrogen) atoms. The Morgan fingerprint density at radius 1 is 0.426 bits per heavy atom. The molecular weight excluding hydrogens is 571 g/mol. The van der Waals surface area contributed by atoms with Gasteiger partial charge in [0.2, 0.25) is 0 Å². The van der Waals surface area contributed by atoms with Crippen LogP contribution in [0.1, 0.15) is 5.56 Å². The summed E-state index contributed by atoms with van der Waals surface area (Å²) in [6.07, 6.45) is 0. The average molecular weight is 600 g/mol. The van der Waals surface area contributed by atoms with Crippen molar-refractivity contribution in [2.45, 2.75) is 6.92 Å². The second-order valence-corrected chi connectivity index (χ2v) is 12.6. The van der Waals surface area contributed by atoms with Gasteiger partial charge in [0.05, 0.1) is 5.69 Å². The molecule has 0 aliphatic heterocycles. The van der Waals surface area contributed by atoms with Gasteiger partial charge >= 0.3 is 0 Å². The SMILES string of the molecule is Cc1ccccc1N(c1ccc2cc3c(cc2c1)-c1cc2ccc(-c4ccccc4)cc2cc1-3)c1cccc2c1oc1ccccc12. The molecule has 0 atom stereocenters. The van der Waals surface area contributed by atoms with Crippen molar-refractivity contribution in [1.82, 2.24) is 0 Å². The number of furan rings is 1. The molecule has 2 heteroatoms. The molecule has 0 saturated carbocycles. The minimum Gasteiger partial charge on any atom is -0.454 e. The first-order valence-corrected chi connectivity index (χ1v) is 16.2. The molecule has 0 bridgehead atoms. The van der Waals surface area contributed by atoms with E-state index in [2.05, 4.69) is 157 Å². The molecule has 1 heterocycles. The molecule has 0 amide bonds. The van der Waals surface area contributed by atoms with E-state index in [1.807, 2.05) is 12.1 Å². The van der Waals surface area contributed by atoms with Gasteiger partial charge in [-0.3, -0.25) is 0 Å². The third kappa shape index (κ3) is 3.98. The fraction of sp³-hybridized carbons (Fsp3) is 0.0222. The van der Waals surface area contributed by atoms with E-state index in [1.165, 1.54) is 60.5 Å². The summed E-state index contributed by atoms with van der Waals surface area (Å²) in [6, 6.07) is 57.1. The summed E-state index contributed by atoms with van der Waals surface area (Å²) < 4.78 is 6.54. The van der Waals surface area contributed by atoms with Gasteiger partial charge in [-0.2, -0.15) is 0 Å². The maximum atomic E-state index is 6.54. The molecule has 2 nitrogen and oxygen atoms in total. The summed E-state index contributed by atoms with van der Waals surface area (Å²) in [7, 11) is 0. The summed E-state index contributed by atoms with van der Waals surface area (Å²) >= 11 is 0. The lowest BCUT2D eigenvalue weighted by Gasteiger charge is -2.28. The van der Waals surface area contributed by atoms with Crippen molar-refractivity contribution >= 4 is 60.5 Å². The van der Waals surface area contributed by atoms with Crippen LogP contribution in [0.4, 0.5) is 17.1 Å². The van der Waals surface area contributed by atoms with Crippen LogP contribution >= 0.6 is 0 Å². The number of anilines is 3. The molecule has 1 aliphatic rings. The Morgan fingerprint density at radius 3 is 1.83 bits per heavy atom. The summed E-state index contributed by atoms with van der Waals surface area (Å²) in [5.41, 5.74) is 14.1. The van der Waals surface area contributed by atoms with Gasteiger partial charge in [-0.1, -0.05) is 97.1 Å². The Bertz CT molecular complexity index is 2700. The number of hydrogen-bond acceptors (Lipinski definition) is 2. The van der Waals surface area contributed by atoms with Crippen molar-refractivity contribution in [3.63, 3.8) is 0 Å². The van der Waals surface area contributed by atoms with Crippen LogP contribution in [0, 0.1) is 6.92 Å². The van der Waals surface area contributed by atoms with Gasteiger partial charge in [0.1, 0.15) is 5.58 Å². The normalized spacial score (nSPS) is 11.9. The highest BCUT2D eigenvalue weighted by molar-refractivity contribution is 6.13. The van der Waals surface area contributed by atoms with Crippen LogP contribution in [-0.2, 0) is 0 Å². The zero-order valence-electron chi connectivity index (χ0n) is 25.9. The number of para-hydroxylation sites is 3. The summed E-state index contributed by atoms with van der Waals surface area (Å²) in [5, 5.41) is 7.27. The lowest BCUT2D eigenvalue weighted by atomic mass is 9.77. The van der Waals surface area contributed by atoms with Crippen LogP contribution in [0.25, 0.3) is 76.9 Å². The smallest absolute Gasteiger partial charge is 0.159 e. The highest BCUT2D eigenvalue weighted by Crippen LogP contribution is 2.51. The Hall–Kier alpha value is -6.12. The lowest BCUT2D eigenvalue weighted by molar-refractivity contribution is 0.669. The van der Waals surface area contributed by atoms with Crippen molar-refractivity contribution in [1.29, 1.82) is 0 Å². The fourth-order valence-electron chi connectivity index (χ4n) is 7.49. The van der Waals surface area contributed by atoms with Crippen LogP contribution < -0.4 is 4.90 Å². The standard InChI is InChI=1S/C45H29NO/c1-28-10-5-7-15-42(28)46(43-16-9-14-37-36-13-6-8-17-44(36)47-45(37)43)35-21-20-32-25-39-40-26-33-22-30(29-11-3-2-4-12-29)18-19-31(33)24-38(40)41(39)27-34(32)23-35/h2-27H,1H3. The Morgan fingerprint density at radius 2 is 1.04 bits per heavy atom. The van der Waals surface area contributed by atoms with Crippen molar-refractivity contribution in [3.8, 4) is 33.4 Å². The van der Waals surface area contributed by atoms with Gasteiger partial charge in [-0.15, -0.1) is 0 Å². The van der Waals surface area contributed by atoms with E-state index in [-0.39, 0.29) is 0 Å². The largest absolute Gasteiger partial charge is 0.454 e. The summed E-state index contributed by atoms with van der Waals surface area (Å²) in [6.45, 7) is 2.18. The van der Waals surface area contributed by atoms with Crippen molar-refractivity contribution in [2.75, 3.05) is 4.90 Å². The second kappa shape index (κ2) is 9.94. The third-order valence-corrected chi connectivity index (χ3v) is 9.86. The van der Waals surface area contributed by atoms with E-state index in [0.717, 1.165) is 39.0 Å². The minimum absolute atomic E-state index is 0.894. The molecule has 1 aliphatic carbocycles. The van der Waals surface area contributed by atoms with Gasteiger partial charge in [-0.25, -0.2) is 0 Å². The van der Waals surface area contributed by atoms with Crippen LogP contribution in [0.5, 0.6) is 0 Å². The van der Waals surface area contributed by atoms with E-state index >= 15 is 0 Å². The molecule has 0 fully saturated rings. The maximum Gasteiger partial charge on any atom is 0.159 e. The number of nitrogens with zero attached hydrogens (tertiary/aromatic N) is 1. The molecule has 0 spiro atoms. The van der Waals surface area contributed by atoms with Crippen LogP contribution in [0.3, 0.4) is 0 Å². The molecule has 9 aromatic rings. The first kappa shape index (κ1) is 26.1. The summed E-state index contributed by atoms with van der Waals surface area (Å²) in [4.78, 5) is 2.35. The maximum absolute atomic E-state index is 6.54. The van der Waals surface area contributed by atoms with E-state index in [0.29, 0.717) is 0 Å². The zero-order chi connectivity index (χ0) is 31.1. The Balaban J connectivity index is 1.11. The molecular formula is C45H29NO. The molecule has 0 N–H and O–H groups in total. The van der Waals surface area contributed by atoms with Crippen LogP contribution in [-0.4, -0.2) is 0 Å². The number of benzene rings is 8. The predicted octanol–water partition coefficient (Wildman–Crippen LogP) is 13.0. The molecule has 0 radical (unpaired) electrons. The first-order valence-electron chi connectivity index (χ1n) is 16.2. The predicted molar refractivity (Wildman–Crippen MR) is 198 cm³/mol. The van der Waals surface area contributed by atoms with Gasteiger partial charge < -0.3 is 9.32 Å². The van der Waals surface area contributed by atoms with Crippen molar-refractivity contribution in [2.24, 2.45) is 0 Å². The highest BCUT2D eigenvalue weighted by Gasteiger charge is 2.25. The van der Waals surface area contributed by atoms with E-state index in [9.17, 15) is 0 Å². The third-order valence-electron chi connectivity index (χ3n) is 9.86. The van der Waals surface area contributed by atoms with Gasteiger partial charge in [0.15, 0.2) is 5.58 Å². The second-order valence-electron chi connectivity index (χ2n) is 12.6. The zero-order valence-corrected chi connectivity index (χ0v) is 25.9. The molecule has 0 unspecified atom stereocenters. The number of aryl methyl sites for hydroxylation is 1. The molecule has 1 aromatic heterocycles. The number of rotatable bonds is 4. The Kier molecular flexibility index (Phi) is 5.53. The Labute approximate surface area is 272 Å². The lowest BCUT2D eigenvalue weighted by Crippen LogP contribution is -2.11. The monoisotopic (exact) mass is 599 g/mol. The van der Waals surface area contributed by atoms with Gasteiger partial charge in [-0.05, 0) is 128 Å². The average Bonchev–Trinajstić information content (AvgIpc) is 3.51. The van der Waals surface area contributed by atoms with Crippen molar-refractivity contribution in [3.05, 3.63) is 163 Å². The highest BCUT2D eigenvalue weighted by atomic mass is 16.3. The van der Waals surface area contributed by atoms with Crippen molar-refractivity contribution < 1.29 is 4.42 Å². The van der Waals surface area contributed by atoms with E-state index in [1.54, 1.807) is 0 Å². The topological polar surface area (TPSA) is 16.4 Å². The van der Waals surface area contributed by atoms with E-state index in [4.69, 9.17) is 4.42 Å². The molecule has 8 aromatic carbocycles. The minimum atomic E-state index is 0.894.